The Labute approximate surface area is 186 Å². The maximum Gasteiger partial charge on any atom is 0.265 e. The summed E-state index contributed by atoms with van der Waals surface area (Å²) in [7, 11) is -4.41. The van der Waals surface area contributed by atoms with Gasteiger partial charge in [-0.2, -0.15) is 0 Å². The number of hydrogen-bond donors (Lipinski definition) is 3. The molecule has 0 fully saturated rings. The van der Waals surface area contributed by atoms with Gasteiger partial charge >= 0.3 is 0 Å². The summed E-state index contributed by atoms with van der Waals surface area (Å²) in [5.41, 5.74) is 6.78. The second-order valence-corrected chi connectivity index (χ2v) is 8.54. The molecule has 2 aromatic rings. The Balaban J connectivity index is 1.92. The van der Waals surface area contributed by atoms with Crippen LogP contribution in [0, 0.1) is 12.3 Å². The van der Waals surface area contributed by atoms with Crippen LogP contribution in [0.25, 0.3) is 0 Å². The minimum Gasteiger partial charge on any atom is -0.366 e. The first kappa shape index (κ1) is 24.7. The first-order chi connectivity index (χ1) is 15.2. The predicted molar refractivity (Wildman–Crippen MR) is 116 cm³/mol. The number of terminal acetylenes is 1. The third kappa shape index (κ3) is 6.24. The highest BCUT2D eigenvalue weighted by Crippen LogP contribution is 2.18. The molecule has 0 saturated carbocycles. The fraction of sp³-hybridized carbons (Fsp3) is 0.227. The number of benzene rings is 2. The first-order valence-electron chi connectivity index (χ1n) is 9.52. The third-order valence-corrected chi connectivity index (χ3v) is 6.23. The van der Waals surface area contributed by atoms with E-state index < -0.39 is 27.9 Å². The van der Waals surface area contributed by atoms with E-state index in [9.17, 15) is 28.0 Å². The van der Waals surface area contributed by atoms with E-state index in [2.05, 4.69) is 11.2 Å². The van der Waals surface area contributed by atoms with Gasteiger partial charge in [0.25, 0.3) is 10.0 Å². The summed E-state index contributed by atoms with van der Waals surface area (Å²) in [6, 6.07) is 10.3. The average Bonchev–Trinajstić information content (AvgIpc) is 2.79. The van der Waals surface area contributed by atoms with E-state index in [0.717, 1.165) is 0 Å². The lowest BCUT2D eigenvalue weighted by Gasteiger charge is -2.20. The van der Waals surface area contributed by atoms with Crippen LogP contribution < -0.4 is 11.1 Å². The summed E-state index contributed by atoms with van der Waals surface area (Å²) < 4.78 is 24.9. The molecule has 0 aromatic heterocycles. The van der Waals surface area contributed by atoms with E-state index in [-0.39, 0.29) is 28.8 Å². The molecule has 4 N–H and O–H groups in total. The number of amides is 2. The number of nitrogens with two attached hydrogens (primary N) is 1. The molecule has 0 bridgehead atoms. The standard InChI is InChI=1S/C22H22N3O6S/c1-2-16-7-10-19(11-8-16)32(30,31)25(29)18(15-26)9-12-21(27)24-14-13-17-5-3-4-6-20(17)22(23)28/h1,3-8,10-11,18,29H,9,12-14H2,(H2,23,28)(H,24,27)/t18-/m1/s1. The molecule has 0 spiro atoms. The molecule has 10 heteroatoms. The summed E-state index contributed by atoms with van der Waals surface area (Å²) in [5.74, 6) is 1.30. The minimum atomic E-state index is -4.41. The van der Waals surface area contributed by atoms with Crippen LogP contribution in [-0.4, -0.2) is 48.8 Å². The summed E-state index contributed by atoms with van der Waals surface area (Å²) in [6.45, 7) is 0.196. The molecule has 0 heterocycles. The van der Waals surface area contributed by atoms with Gasteiger partial charge in [0, 0.05) is 24.1 Å². The lowest BCUT2D eigenvalue weighted by atomic mass is 10.0. The third-order valence-electron chi connectivity index (χ3n) is 4.61. The van der Waals surface area contributed by atoms with Crippen molar-refractivity contribution >= 4 is 28.1 Å². The van der Waals surface area contributed by atoms with Crippen molar-refractivity contribution in [2.24, 2.45) is 5.73 Å². The van der Waals surface area contributed by atoms with Gasteiger partial charge in [-0.05, 0) is 48.7 Å². The molecule has 32 heavy (non-hydrogen) atoms. The molecule has 0 aliphatic carbocycles. The average molecular weight is 457 g/mol. The first-order valence-corrected chi connectivity index (χ1v) is 11.0. The van der Waals surface area contributed by atoms with Crippen molar-refractivity contribution in [1.29, 1.82) is 0 Å². The summed E-state index contributed by atoms with van der Waals surface area (Å²) >= 11 is 0. The molecule has 0 unspecified atom stereocenters. The van der Waals surface area contributed by atoms with Crippen LogP contribution in [0.4, 0.5) is 0 Å². The number of carbonyl (C=O) groups excluding carboxylic acids is 3. The quantitative estimate of drug-likeness (QED) is 0.336. The number of hydroxylamine groups is 1. The maximum absolute atomic E-state index is 12.5. The Morgan fingerprint density at radius 2 is 1.81 bits per heavy atom. The second kappa shape index (κ2) is 11.2. The van der Waals surface area contributed by atoms with Crippen LogP contribution in [-0.2, 0) is 26.0 Å². The zero-order valence-corrected chi connectivity index (χ0v) is 17.8. The normalized spacial score (nSPS) is 12.0. The number of nitrogens with one attached hydrogen (secondary N) is 1. The smallest absolute Gasteiger partial charge is 0.265 e. The number of sulfonamides is 1. The van der Waals surface area contributed by atoms with Gasteiger partial charge in [-0.1, -0.05) is 28.6 Å². The fourth-order valence-electron chi connectivity index (χ4n) is 2.88. The van der Waals surface area contributed by atoms with Crippen LogP contribution in [0.3, 0.4) is 0 Å². The minimum absolute atomic E-state index is 0.110. The molecular formula is C22H22N3O6S. The molecule has 0 aliphatic heterocycles. The van der Waals surface area contributed by atoms with Crippen molar-refractivity contribution < 1.29 is 28.0 Å². The fourth-order valence-corrected chi connectivity index (χ4v) is 4.06. The van der Waals surface area contributed by atoms with Crippen molar-refractivity contribution in [2.75, 3.05) is 6.54 Å². The molecule has 0 aliphatic rings. The van der Waals surface area contributed by atoms with Crippen molar-refractivity contribution in [3.05, 3.63) is 65.2 Å². The summed E-state index contributed by atoms with van der Waals surface area (Å²) in [6.07, 6.45) is 6.49. The number of nitrogens with zero attached hydrogens (tertiary/aromatic N) is 1. The van der Waals surface area contributed by atoms with E-state index in [0.29, 0.717) is 23.1 Å². The Morgan fingerprint density at radius 3 is 2.41 bits per heavy atom. The molecular weight excluding hydrogens is 434 g/mol. The lowest BCUT2D eigenvalue weighted by molar-refractivity contribution is -0.121. The SMILES string of the molecule is C#Cc1ccc(S(=O)(=O)N(O)[C@@H]([C]=O)CCC(=O)NCCc2ccccc2C(N)=O)cc1. The topological polar surface area (TPSA) is 147 Å². The highest BCUT2D eigenvalue weighted by Gasteiger charge is 2.31. The van der Waals surface area contributed by atoms with Crippen molar-refractivity contribution in [3.63, 3.8) is 0 Å². The van der Waals surface area contributed by atoms with Crippen molar-refractivity contribution in [1.82, 2.24) is 9.79 Å². The largest absolute Gasteiger partial charge is 0.366 e. The molecule has 2 rings (SSSR count). The van der Waals surface area contributed by atoms with Crippen LogP contribution in [0.15, 0.2) is 53.4 Å². The lowest BCUT2D eigenvalue weighted by Crippen LogP contribution is -2.39. The van der Waals surface area contributed by atoms with E-state index in [1.165, 1.54) is 30.6 Å². The summed E-state index contributed by atoms with van der Waals surface area (Å²) in [4.78, 5) is 34.5. The van der Waals surface area contributed by atoms with E-state index in [1.54, 1.807) is 24.3 Å². The van der Waals surface area contributed by atoms with Crippen LogP contribution in [0.1, 0.15) is 34.3 Å². The number of hydrogen-bond acceptors (Lipinski definition) is 6. The number of rotatable bonds is 11. The molecule has 1 atom stereocenters. The Morgan fingerprint density at radius 1 is 1.16 bits per heavy atom. The van der Waals surface area contributed by atoms with Crippen LogP contribution >= 0.6 is 0 Å². The second-order valence-electron chi connectivity index (χ2n) is 6.74. The Bertz CT molecular complexity index is 1120. The summed E-state index contributed by atoms with van der Waals surface area (Å²) in [5, 5.41) is 12.7. The number of carbonyl (C=O) groups is 2. The van der Waals surface area contributed by atoms with Crippen molar-refractivity contribution in [2.45, 2.75) is 30.2 Å². The zero-order chi connectivity index (χ0) is 23.7. The van der Waals surface area contributed by atoms with Gasteiger partial charge < -0.3 is 11.1 Å². The van der Waals surface area contributed by atoms with Gasteiger partial charge in [-0.25, -0.2) is 8.42 Å². The molecule has 167 valence electrons. The van der Waals surface area contributed by atoms with Gasteiger partial charge in [0.2, 0.25) is 18.1 Å². The highest BCUT2D eigenvalue weighted by atomic mass is 32.2. The maximum atomic E-state index is 12.5. The van der Waals surface area contributed by atoms with Crippen molar-refractivity contribution in [3.8, 4) is 12.3 Å². The van der Waals surface area contributed by atoms with Gasteiger partial charge in [0.15, 0.2) is 0 Å². The van der Waals surface area contributed by atoms with Crippen LogP contribution in [0.5, 0.6) is 0 Å². The molecule has 0 saturated heterocycles. The van der Waals surface area contributed by atoms with E-state index in [1.807, 2.05) is 0 Å². The van der Waals surface area contributed by atoms with Gasteiger partial charge in [-0.3, -0.25) is 19.6 Å². The Hall–Kier alpha value is -3.52. The molecule has 9 nitrogen and oxygen atoms in total. The Kier molecular flexibility index (Phi) is 8.66. The van der Waals surface area contributed by atoms with Crippen LogP contribution in [0.2, 0.25) is 0 Å². The van der Waals surface area contributed by atoms with Gasteiger partial charge in [0.05, 0.1) is 4.90 Å². The zero-order valence-electron chi connectivity index (χ0n) is 17.0. The molecule has 2 amide bonds. The monoisotopic (exact) mass is 456 g/mol. The highest BCUT2D eigenvalue weighted by molar-refractivity contribution is 7.89. The molecule has 1 radical (unpaired) electrons. The van der Waals surface area contributed by atoms with Gasteiger partial charge in [0.1, 0.15) is 6.04 Å². The van der Waals surface area contributed by atoms with Gasteiger partial charge in [-0.15, -0.1) is 6.42 Å². The molecule has 2 aromatic carbocycles. The van der Waals surface area contributed by atoms with E-state index in [4.69, 9.17) is 12.2 Å². The number of primary amides is 1. The van der Waals surface area contributed by atoms with E-state index >= 15 is 0 Å². The predicted octanol–water partition coefficient (Wildman–Crippen LogP) is 0.764.